The number of phenolic OH excluding ortho intramolecular Hbond substituents is 1. The van der Waals surface area contributed by atoms with Crippen molar-refractivity contribution in [1.82, 2.24) is 0 Å². The number of benzene rings is 2. The first kappa shape index (κ1) is 12.2. The zero-order valence-corrected chi connectivity index (χ0v) is 10.8. The van der Waals surface area contributed by atoms with Crippen LogP contribution >= 0.6 is 15.9 Å². The fourth-order valence-corrected chi connectivity index (χ4v) is 2.65. The van der Waals surface area contributed by atoms with Gasteiger partial charge in [0.2, 0.25) is 0 Å². The second-order valence-electron chi connectivity index (χ2n) is 3.47. The molecule has 90 valence electrons. The highest BCUT2D eigenvalue weighted by atomic mass is 79.9. The molecule has 0 aliphatic heterocycles. The van der Waals surface area contributed by atoms with Crippen molar-refractivity contribution >= 4 is 42.5 Å². The predicted octanol–water partition coefficient (Wildman–Crippen LogP) is 2.14. The van der Waals surface area contributed by atoms with Crippen LogP contribution in [-0.2, 0) is 10.1 Å². The summed E-state index contributed by atoms with van der Waals surface area (Å²) in [6.45, 7) is 0. The highest BCUT2D eigenvalue weighted by molar-refractivity contribution is 9.10. The van der Waals surface area contributed by atoms with E-state index in [1.54, 1.807) is 12.1 Å². The minimum Gasteiger partial charge on any atom is -0.506 e. The van der Waals surface area contributed by atoms with Crippen LogP contribution in [0, 0.1) is 0 Å². The van der Waals surface area contributed by atoms with Gasteiger partial charge in [0.05, 0.1) is 5.69 Å². The van der Waals surface area contributed by atoms with Gasteiger partial charge in [-0.3, -0.25) is 4.55 Å². The molecule has 0 saturated carbocycles. The Labute approximate surface area is 106 Å². The van der Waals surface area contributed by atoms with Crippen LogP contribution < -0.4 is 5.73 Å². The molecule has 0 atom stereocenters. The van der Waals surface area contributed by atoms with E-state index in [1.807, 2.05) is 0 Å². The van der Waals surface area contributed by atoms with Crippen LogP contribution in [0.1, 0.15) is 0 Å². The number of anilines is 1. The molecule has 0 spiro atoms. The summed E-state index contributed by atoms with van der Waals surface area (Å²) >= 11 is 3.20. The molecule has 0 unspecified atom stereocenters. The van der Waals surface area contributed by atoms with E-state index in [9.17, 15) is 13.5 Å². The van der Waals surface area contributed by atoms with E-state index in [2.05, 4.69) is 15.9 Å². The lowest BCUT2D eigenvalue weighted by Gasteiger charge is -2.09. The molecule has 0 aromatic heterocycles. The minimum absolute atomic E-state index is 0.0694. The van der Waals surface area contributed by atoms with E-state index in [-0.39, 0.29) is 21.7 Å². The Hall–Kier alpha value is -1.31. The van der Waals surface area contributed by atoms with E-state index >= 15 is 0 Å². The summed E-state index contributed by atoms with van der Waals surface area (Å²) in [7, 11) is -4.42. The van der Waals surface area contributed by atoms with E-state index < -0.39 is 10.1 Å². The van der Waals surface area contributed by atoms with Gasteiger partial charge in [-0.25, -0.2) is 0 Å². The zero-order valence-electron chi connectivity index (χ0n) is 8.38. The van der Waals surface area contributed by atoms with Crippen molar-refractivity contribution in [3.8, 4) is 5.75 Å². The molecule has 7 heteroatoms. The zero-order chi connectivity index (χ0) is 12.8. The van der Waals surface area contributed by atoms with Crippen LogP contribution in [0.2, 0.25) is 0 Å². The summed E-state index contributed by atoms with van der Waals surface area (Å²) < 4.78 is 32.2. The average Bonchev–Trinajstić information content (AvgIpc) is 2.21. The molecule has 2 rings (SSSR count). The Bertz CT molecular complexity index is 712. The lowest BCUT2D eigenvalue weighted by molar-refractivity contribution is 0.469. The van der Waals surface area contributed by atoms with Gasteiger partial charge >= 0.3 is 0 Å². The Morgan fingerprint density at radius 3 is 2.41 bits per heavy atom. The lowest BCUT2D eigenvalue weighted by atomic mass is 10.1. The molecular weight excluding hydrogens is 310 g/mol. The molecule has 0 heterocycles. The number of aromatic hydroxyl groups is 1. The van der Waals surface area contributed by atoms with Gasteiger partial charge in [0.15, 0.2) is 0 Å². The number of nitrogens with two attached hydrogens (primary N) is 1. The maximum atomic E-state index is 11.2. The first-order valence-electron chi connectivity index (χ1n) is 4.49. The number of phenols is 1. The van der Waals surface area contributed by atoms with E-state index in [0.717, 1.165) is 6.07 Å². The Balaban J connectivity index is 3.04. The summed E-state index contributed by atoms with van der Waals surface area (Å²) in [5.41, 5.74) is 5.71. The highest BCUT2D eigenvalue weighted by Crippen LogP contribution is 2.36. The molecule has 17 heavy (non-hydrogen) atoms. The van der Waals surface area contributed by atoms with Gasteiger partial charge in [0, 0.05) is 21.3 Å². The fourth-order valence-electron chi connectivity index (χ4n) is 1.59. The fraction of sp³-hybridized carbons (Fsp3) is 0. The van der Waals surface area contributed by atoms with Crippen molar-refractivity contribution in [2.45, 2.75) is 4.90 Å². The monoisotopic (exact) mass is 317 g/mol. The molecule has 2 aromatic rings. The average molecular weight is 318 g/mol. The summed E-state index contributed by atoms with van der Waals surface area (Å²) in [4.78, 5) is -0.375. The van der Waals surface area contributed by atoms with Crippen molar-refractivity contribution in [3.63, 3.8) is 0 Å². The third-order valence-electron chi connectivity index (χ3n) is 2.36. The van der Waals surface area contributed by atoms with Crippen LogP contribution in [0.3, 0.4) is 0 Å². The maximum Gasteiger partial charge on any atom is 0.295 e. The van der Waals surface area contributed by atoms with E-state index in [4.69, 9.17) is 10.3 Å². The smallest absolute Gasteiger partial charge is 0.295 e. The number of rotatable bonds is 1. The lowest BCUT2D eigenvalue weighted by Crippen LogP contribution is -2.01. The molecule has 0 amide bonds. The van der Waals surface area contributed by atoms with Crippen molar-refractivity contribution < 1.29 is 18.1 Å². The minimum atomic E-state index is -4.42. The third-order valence-corrected chi connectivity index (χ3v) is 3.75. The molecule has 0 radical (unpaired) electrons. The van der Waals surface area contributed by atoms with Crippen LogP contribution in [0.5, 0.6) is 5.75 Å². The number of fused-ring (bicyclic) bond motifs is 1. The van der Waals surface area contributed by atoms with E-state index in [1.165, 1.54) is 6.07 Å². The van der Waals surface area contributed by atoms with Crippen LogP contribution in [0.4, 0.5) is 5.69 Å². The second-order valence-corrected chi connectivity index (χ2v) is 5.78. The normalized spacial score (nSPS) is 11.9. The largest absolute Gasteiger partial charge is 0.506 e. The Morgan fingerprint density at radius 2 is 1.82 bits per heavy atom. The van der Waals surface area contributed by atoms with Crippen molar-refractivity contribution in [1.29, 1.82) is 0 Å². The van der Waals surface area contributed by atoms with Gasteiger partial charge in [0.25, 0.3) is 10.1 Å². The van der Waals surface area contributed by atoms with Crippen LogP contribution in [-0.4, -0.2) is 18.1 Å². The molecule has 0 aliphatic carbocycles. The van der Waals surface area contributed by atoms with Gasteiger partial charge in [0.1, 0.15) is 10.6 Å². The molecule has 0 aliphatic rings. The first-order valence-corrected chi connectivity index (χ1v) is 6.72. The number of hydrogen-bond donors (Lipinski definition) is 3. The van der Waals surface area contributed by atoms with E-state index in [0.29, 0.717) is 9.86 Å². The Kier molecular flexibility index (Phi) is 2.76. The van der Waals surface area contributed by atoms with Gasteiger partial charge in [-0.1, -0.05) is 22.0 Å². The van der Waals surface area contributed by atoms with Gasteiger partial charge < -0.3 is 10.8 Å². The van der Waals surface area contributed by atoms with Crippen LogP contribution in [0.15, 0.2) is 33.6 Å². The molecule has 0 saturated heterocycles. The van der Waals surface area contributed by atoms with Gasteiger partial charge in [-0.05, 0) is 12.1 Å². The van der Waals surface area contributed by atoms with Crippen molar-refractivity contribution in [2.24, 2.45) is 0 Å². The summed E-state index contributed by atoms with van der Waals surface area (Å²) in [6, 6.07) is 5.66. The van der Waals surface area contributed by atoms with Gasteiger partial charge in [-0.15, -0.1) is 0 Å². The quantitative estimate of drug-likeness (QED) is 0.425. The second kappa shape index (κ2) is 3.86. The van der Waals surface area contributed by atoms with Crippen LogP contribution in [0.25, 0.3) is 10.8 Å². The molecule has 0 fully saturated rings. The molecule has 0 bridgehead atoms. The predicted molar refractivity (Wildman–Crippen MR) is 67.5 cm³/mol. The third kappa shape index (κ3) is 2.08. The standard InChI is InChI=1S/C10H8BrNO4S/c11-5-1-2-6-7(3-5)9(17(14,15)16)4-8(13)10(6)12/h1-4,13H,12H2,(H,14,15,16). The summed E-state index contributed by atoms with van der Waals surface area (Å²) in [5.74, 6) is -0.382. The molecule has 4 N–H and O–H groups in total. The number of hydrogen-bond acceptors (Lipinski definition) is 4. The molecular formula is C10H8BrNO4S. The molecule has 2 aromatic carbocycles. The molecule has 5 nitrogen and oxygen atoms in total. The van der Waals surface area contributed by atoms with Crippen molar-refractivity contribution in [3.05, 3.63) is 28.7 Å². The summed E-state index contributed by atoms with van der Waals surface area (Å²) in [6.07, 6.45) is 0. The van der Waals surface area contributed by atoms with Crippen molar-refractivity contribution in [2.75, 3.05) is 5.73 Å². The topological polar surface area (TPSA) is 101 Å². The maximum absolute atomic E-state index is 11.2. The number of halogens is 1. The summed E-state index contributed by atoms with van der Waals surface area (Å²) in [5, 5.41) is 10.1. The highest BCUT2D eigenvalue weighted by Gasteiger charge is 2.18. The SMILES string of the molecule is Nc1c(O)cc(S(=O)(=O)O)c2cc(Br)ccc12. The number of nitrogen functional groups attached to an aromatic ring is 1. The van der Waals surface area contributed by atoms with Gasteiger partial charge in [-0.2, -0.15) is 8.42 Å². The Morgan fingerprint density at radius 1 is 1.18 bits per heavy atom. The first-order chi connectivity index (χ1) is 7.80.